The van der Waals surface area contributed by atoms with E-state index in [2.05, 4.69) is 15.2 Å². The molecule has 1 aromatic carbocycles. The van der Waals surface area contributed by atoms with Crippen LogP contribution in [-0.4, -0.2) is 54.6 Å². The number of piperazine rings is 3. The van der Waals surface area contributed by atoms with E-state index in [9.17, 15) is 4.39 Å². The smallest absolute Gasteiger partial charge is 0.127 e. The summed E-state index contributed by atoms with van der Waals surface area (Å²) in [6.45, 7) is 5.41. The number of nitrogens with one attached hydrogen (secondary N) is 1. The van der Waals surface area contributed by atoms with Crippen molar-refractivity contribution in [3.05, 3.63) is 34.6 Å². The zero-order valence-corrected chi connectivity index (χ0v) is 12.1. The molecule has 0 aliphatic carbocycles. The van der Waals surface area contributed by atoms with Crippen LogP contribution in [0.2, 0.25) is 5.02 Å². The Kier molecular flexibility index (Phi) is 4.23. The normalized spacial score (nSPS) is 30.4. The first-order chi connectivity index (χ1) is 9.67. The molecule has 3 heterocycles. The molecule has 0 spiro atoms. The van der Waals surface area contributed by atoms with E-state index in [1.165, 1.54) is 6.07 Å². The average Bonchev–Trinajstić information content (AvgIpc) is 2.48. The Morgan fingerprint density at radius 1 is 1.35 bits per heavy atom. The molecule has 3 aliphatic heterocycles. The molecule has 6 heteroatoms. The van der Waals surface area contributed by atoms with Crippen molar-refractivity contribution < 1.29 is 4.39 Å². The Morgan fingerprint density at radius 2 is 2.10 bits per heavy atom. The number of benzene rings is 1. The summed E-state index contributed by atoms with van der Waals surface area (Å²) >= 11 is 5.79. The molecule has 0 amide bonds. The fourth-order valence-corrected chi connectivity index (χ4v) is 3.43. The average molecular weight is 299 g/mol. The maximum absolute atomic E-state index is 13.9. The first kappa shape index (κ1) is 14.2. The van der Waals surface area contributed by atoms with E-state index in [0.717, 1.165) is 32.7 Å². The summed E-state index contributed by atoms with van der Waals surface area (Å²) in [7, 11) is 0. The van der Waals surface area contributed by atoms with Crippen molar-refractivity contribution in [1.29, 1.82) is 0 Å². The molecule has 2 unspecified atom stereocenters. The van der Waals surface area contributed by atoms with Crippen LogP contribution in [0.4, 0.5) is 4.39 Å². The second kappa shape index (κ2) is 5.95. The van der Waals surface area contributed by atoms with Crippen LogP contribution in [0.15, 0.2) is 18.2 Å². The summed E-state index contributed by atoms with van der Waals surface area (Å²) in [6, 6.07) is 5.23. The lowest BCUT2D eigenvalue weighted by molar-refractivity contribution is -0.00325. The van der Waals surface area contributed by atoms with Crippen LogP contribution in [0.1, 0.15) is 5.56 Å². The summed E-state index contributed by atoms with van der Waals surface area (Å²) < 4.78 is 13.9. The molecule has 0 aromatic heterocycles. The molecule has 2 bridgehead atoms. The van der Waals surface area contributed by atoms with Gasteiger partial charge in [-0.05, 0) is 24.1 Å². The van der Waals surface area contributed by atoms with Crippen molar-refractivity contribution in [2.75, 3.05) is 32.7 Å². The molecule has 3 fully saturated rings. The Balaban J connectivity index is 1.73. The lowest BCUT2D eigenvalue weighted by atomic mass is 9.94. The molecule has 20 heavy (non-hydrogen) atoms. The molecule has 0 saturated carbocycles. The predicted octanol–water partition coefficient (Wildman–Crippen LogP) is 0.853. The quantitative estimate of drug-likeness (QED) is 0.639. The van der Waals surface area contributed by atoms with Gasteiger partial charge >= 0.3 is 0 Å². The summed E-state index contributed by atoms with van der Waals surface area (Å²) in [5.41, 5.74) is 3.54. The minimum absolute atomic E-state index is 0.0498. The zero-order valence-electron chi connectivity index (χ0n) is 11.4. The van der Waals surface area contributed by atoms with Gasteiger partial charge in [-0.15, -0.1) is 0 Å². The Labute approximate surface area is 123 Å². The second-order valence-corrected chi connectivity index (χ2v) is 6.05. The van der Waals surface area contributed by atoms with Gasteiger partial charge in [-0.3, -0.25) is 21.1 Å². The number of nitrogens with zero attached hydrogens (tertiary/aromatic N) is 2. The highest BCUT2D eigenvalue weighted by Gasteiger charge is 2.36. The fraction of sp³-hybridized carbons (Fsp3) is 0.571. The van der Waals surface area contributed by atoms with E-state index in [1.54, 1.807) is 12.1 Å². The standard InChI is InChI=1S/C14H20ClFN4/c15-11-2-1-10(12(16)8-11)7-13(18-17)14-9-19-3-5-20(14)6-4-19/h1-2,8,13-14,18H,3-7,9,17H2. The van der Waals surface area contributed by atoms with Crippen molar-refractivity contribution in [2.45, 2.75) is 18.5 Å². The number of rotatable bonds is 4. The first-order valence-electron chi connectivity index (χ1n) is 7.04. The summed E-state index contributed by atoms with van der Waals surface area (Å²) in [5.74, 6) is 5.46. The molecule has 3 N–H and O–H groups in total. The van der Waals surface area contributed by atoms with Crippen molar-refractivity contribution >= 4 is 11.6 Å². The van der Waals surface area contributed by atoms with E-state index in [4.69, 9.17) is 17.4 Å². The van der Waals surface area contributed by atoms with Gasteiger partial charge in [0.15, 0.2) is 0 Å². The Morgan fingerprint density at radius 3 is 2.65 bits per heavy atom. The van der Waals surface area contributed by atoms with Gasteiger partial charge in [-0.2, -0.15) is 0 Å². The van der Waals surface area contributed by atoms with Crippen LogP contribution >= 0.6 is 11.6 Å². The SMILES string of the molecule is NNC(Cc1ccc(Cl)cc1F)C1CN2CCN1CC2. The van der Waals surface area contributed by atoms with Crippen LogP contribution in [-0.2, 0) is 6.42 Å². The predicted molar refractivity (Wildman–Crippen MR) is 78.0 cm³/mol. The molecule has 0 radical (unpaired) electrons. The summed E-state index contributed by atoms with van der Waals surface area (Å²) in [4.78, 5) is 4.91. The van der Waals surface area contributed by atoms with Crippen LogP contribution in [0.25, 0.3) is 0 Å². The van der Waals surface area contributed by atoms with Gasteiger partial charge < -0.3 is 0 Å². The van der Waals surface area contributed by atoms with Gasteiger partial charge in [0.2, 0.25) is 0 Å². The fourth-order valence-electron chi connectivity index (χ4n) is 3.27. The molecular weight excluding hydrogens is 279 g/mol. The highest BCUT2D eigenvalue weighted by molar-refractivity contribution is 6.30. The Bertz CT molecular complexity index is 476. The van der Waals surface area contributed by atoms with Gasteiger partial charge in [0.05, 0.1) is 0 Å². The van der Waals surface area contributed by atoms with Crippen LogP contribution in [0.5, 0.6) is 0 Å². The van der Waals surface area contributed by atoms with E-state index < -0.39 is 0 Å². The molecule has 2 atom stereocenters. The Hall–Kier alpha value is -0.720. The minimum atomic E-state index is -0.256. The number of hydrazine groups is 1. The number of hydrogen-bond donors (Lipinski definition) is 2. The summed E-state index contributed by atoms with van der Waals surface area (Å²) in [6.07, 6.45) is 0.578. The van der Waals surface area contributed by atoms with Crippen molar-refractivity contribution in [1.82, 2.24) is 15.2 Å². The van der Waals surface area contributed by atoms with Gasteiger partial charge in [-0.1, -0.05) is 17.7 Å². The van der Waals surface area contributed by atoms with Crippen LogP contribution in [0, 0.1) is 5.82 Å². The number of hydrogen-bond acceptors (Lipinski definition) is 4. The van der Waals surface area contributed by atoms with Crippen molar-refractivity contribution in [3.63, 3.8) is 0 Å². The maximum Gasteiger partial charge on any atom is 0.127 e. The molecule has 4 rings (SSSR count). The molecule has 1 aromatic rings. The highest BCUT2D eigenvalue weighted by atomic mass is 35.5. The van der Waals surface area contributed by atoms with Crippen molar-refractivity contribution in [3.8, 4) is 0 Å². The lowest BCUT2D eigenvalue weighted by Gasteiger charge is -2.50. The largest absolute Gasteiger partial charge is 0.299 e. The molecule has 3 aliphatic rings. The van der Waals surface area contributed by atoms with Gasteiger partial charge in [0.1, 0.15) is 5.82 Å². The maximum atomic E-state index is 13.9. The van der Waals surface area contributed by atoms with Gasteiger partial charge in [0.25, 0.3) is 0 Å². The molecular formula is C14H20ClFN4. The van der Waals surface area contributed by atoms with E-state index >= 15 is 0 Å². The first-order valence-corrected chi connectivity index (χ1v) is 7.41. The third-order valence-corrected chi connectivity index (χ3v) is 4.69. The second-order valence-electron chi connectivity index (χ2n) is 5.62. The number of halogens is 2. The molecule has 3 saturated heterocycles. The molecule has 110 valence electrons. The van der Waals surface area contributed by atoms with E-state index in [0.29, 0.717) is 23.0 Å². The topological polar surface area (TPSA) is 44.5 Å². The number of fused-ring (bicyclic) bond motifs is 3. The van der Waals surface area contributed by atoms with E-state index in [1.807, 2.05) is 0 Å². The minimum Gasteiger partial charge on any atom is -0.299 e. The zero-order chi connectivity index (χ0) is 14.1. The van der Waals surface area contributed by atoms with Crippen molar-refractivity contribution in [2.24, 2.45) is 5.84 Å². The number of nitrogens with two attached hydrogens (primary N) is 1. The van der Waals surface area contributed by atoms with Gasteiger partial charge in [0, 0.05) is 49.8 Å². The van der Waals surface area contributed by atoms with Gasteiger partial charge in [-0.25, -0.2) is 4.39 Å². The third-order valence-electron chi connectivity index (χ3n) is 4.45. The molecule has 4 nitrogen and oxygen atoms in total. The van der Waals surface area contributed by atoms with Crippen LogP contribution < -0.4 is 11.3 Å². The highest BCUT2D eigenvalue weighted by Crippen LogP contribution is 2.22. The monoisotopic (exact) mass is 298 g/mol. The van der Waals surface area contributed by atoms with E-state index in [-0.39, 0.29) is 11.9 Å². The third kappa shape index (κ3) is 2.82. The lowest BCUT2D eigenvalue weighted by Crippen LogP contribution is -2.67. The summed E-state index contributed by atoms with van der Waals surface area (Å²) in [5, 5.41) is 0.426. The van der Waals surface area contributed by atoms with Crippen LogP contribution in [0.3, 0.4) is 0 Å².